The third kappa shape index (κ3) is 2.90. The molecule has 0 fully saturated rings. The Labute approximate surface area is 152 Å². The molecule has 2 aromatic rings. The van der Waals surface area contributed by atoms with E-state index in [4.69, 9.17) is 11.6 Å². The average molecular weight is 382 g/mol. The number of amides is 1. The van der Waals surface area contributed by atoms with Gasteiger partial charge in [0.2, 0.25) is 5.75 Å². The maximum Gasteiger partial charge on any atom is 0.332 e. The molecule has 0 saturated heterocycles. The van der Waals surface area contributed by atoms with E-state index in [-0.39, 0.29) is 30.4 Å². The Hall–Kier alpha value is -2.61. The molecular formula is C17H17ClFN3O4. The van der Waals surface area contributed by atoms with Crippen molar-refractivity contribution in [3.63, 3.8) is 0 Å². The minimum atomic E-state index is -0.892. The molecule has 1 N–H and O–H groups in total. The largest absolute Gasteiger partial charge is 0.501 e. The summed E-state index contributed by atoms with van der Waals surface area (Å²) in [5.74, 6) is -1.95. The van der Waals surface area contributed by atoms with Gasteiger partial charge in [0, 0.05) is 25.7 Å². The third-order valence-corrected chi connectivity index (χ3v) is 4.60. The number of fused-ring (bicyclic) bond motifs is 1. The zero-order chi connectivity index (χ0) is 19.2. The van der Waals surface area contributed by atoms with Crippen LogP contribution in [0.15, 0.2) is 27.8 Å². The number of carbonyl (C=O) groups is 1. The minimum absolute atomic E-state index is 0.0637. The van der Waals surface area contributed by atoms with Crippen LogP contribution in [0, 0.1) is 5.82 Å². The molecule has 0 spiro atoms. The second-order valence-corrected chi connectivity index (χ2v) is 6.78. The number of hydrogen-bond acceptors (Lipinski definition) is 4. The lowest BCUT2D eigenvalue weighted by Crippen LogP contribution is -2.50. The summed E-state index contributed by atoms with van der Waals surface area (Å²) < 4.78 is 15.3. The highest BCUT2D eigenvalue weighted by Crippen LogP contribution is 2.22. The number of aromatic nitrogens is 2. The Morgan fingerprint density at radius 1 is 1.23 bits per heavy atom. The van der Waals surface area contributed by atoms with Crippen molar-refractivity contribution in [1.82, 2.24) is 14.0 Å². The Morgan fingerprint density at radius 3 is 2.54 bits per heavy atom. The zero-order valence-electron chi connectivity index (χ0n) is 14.2. The standard InChI is InChI=1S/C17H17ClFN3O4/c1-9(2)22-16(25)14(23)13-15(24)20(5-6-21(13)17(22)26)8-10-3-4-12(19)11(18)7-10/h3-4,7,9,23H,5-6,8H2,1-2H3. The van der Waals surface area contributed by atoms with Crippen LogP contribution in [-0.4, -0.2) is 31.6 Å². The van der Waals surface area contributed by atoms with E-state index >= 15 is 0 Å². The lowest BCUT2D eigenvalue weighted by molar-refractivity contribution is 0.0677. The lowest BCUT2D eigenvalue weighted by atomic mass is 10.1. The average Bonchev–Trinajstić information content (AvgIpc) is 2.57. The molecule has 1 aromatic heterocycles. The second kappa shape index (κ2) is 6.60. The van der Waals surface area contributed by atoms with Crippen molar-refractivity contribution in [2.45, 2.75) is 33.0 Å². The Kier molecular flexibility index (Phi) is 4.62. The molecule has 3 rings (SSSR count). The summed E-state index contributed by atoms with van der Waals surface area (Å²) in [5, 5.41) is 10.2. The van der Waals surface area contributed by atoms with Gasteiger partial charge in [0.25, 0.3) is 11.5 Å². The van der Waals surface area contributed by atoms with E-state index in [1.54, 1.807) is 13.8 Å². The van der Waals surface area contributed by atoms with Crippen LogP contribution in [0.3, 0.4) is 0 Å². The van der Waals surface area contributed by atoms with Crippen LogP contribution in [0.4, 0.5) is 4.39 Å². The highest BCUT2D eigenvalue weighted by molar-refractivity contribution is 6.30. The number of carbonyl (C=O) groups excluding carboxylic acids is 1. The zero-order valence-corrected chi connectivity index (χ0v) is 15.0. The first kappa shape index (κ1) is 18.2. The van der Waals surface area contributed by atoms with Gasteiger partial charge in [-0.25, -0.2) is 9.18 Å². The predicted molar refractivity (Wildman–Crippen MR) is 93.2 cm³/mol. The molecule has 9 heteroatoms. The van der Waals surface area contributed by atoms with E-state index in [1.165, 1.54) is 23.1 Å². The molecule has 138 valence electrons. The van der Waals surface area contributed by atoms with Gasteiger partial charge in [-0.1, -0.05) is 17.7 Å². The van der Waals surface area contributed by atoms with Crippen molar-refractivity contribution in [1.29, 1.82) is 0 Å². The number of aromatic hydroxyl groups is 1. The SMILES string of the molecule is CC(C)n1c(=O)c(O)c2n(c1=O)CCN(Cc1ccc(F)c(Cl)c1)C2=O. The molecule has 0 radical (unpaired) electrons. The Morgan fingerprint density at radius 2 is 1.92 bits per heavy atom. The molecule has 1 aliphatic rings. The number of halogens is 2. The molecule has 7 nitrogen and oxygen atoms in total. The molecule has 0 saturated carbocycles. The van der Waals surface area contributed by atoms with E-state index in [1.807, 2.05) is 0 Å². The monoisotopic (exact) mass is 381 g/mol. The Bertz CT molecular complexity index is 1010. The van der Waals surface area contributed by atoms with Crippen LogP contribution < -0.4 is 11.2 Å². The summed E-state index contributed by atoms with van der Waals surface area (Å²) in [6.45, 7) is 3.74. The van der Waals surface area contributed by atoms with Gasteiger partial charge in [0.15, 0.2) is 5.69 Å². The van der Waals surface area contributed by atoms with Gasteiger partial charge in [-0.2, -0.15) is 0 Å². The van der Waals surface area contributed by atoms with Crippen LogP contribution >= 0.6 is 11.6 Å². The normalized spacial score (nSPS) is 14.0. The highest BCUT2D eigenvalue weighted by atomic mass is 35.5. The van der Waals surface area contributed by atoms with Gasteiger partial charge in [-0.05, 0) is 31.5 Å². The quantitative estimate of drug-likeness (QED) is 0.877. The highest BCUT2D eigenvalue weighted by Gasteiger charge is 2.32. The summed E-state index contributed by atoms with van der Waals surface area (Å²) in [6, 6.07) is 3.65. The number of nitrogens with zero attached hydrogens (tertiary/aromatic N) is 3. The minimum Gasteiger partial charge on any atom is -0.501 e. The van der Waals surface area contributed by atoms with Gasteiger partial charge in [0.1, 0.15) is 5.82 Å². The molecule has 1 aliphatic heterocycles. The van der Waals surface area contributed by atoms with Crippen LogP contribution in [-0.2, 0) is 13.1 Å². The van der Waals surface area contributed by atoms with Crippen LogP contribution in [0.2, 0.25) is 5.02 Å². The van der Waals surface area contributed by atoms with Gasteiger partial charge in [-0.15, -0.1) is 0 Å². The summed E-state index contributed by atoms with van der Waals surface area (Å²) in [7, 11) is 0. The van der Waals surface area contributed by atoms with Gasteiger partial charge in [-0.3, -0.25) is 18.7 Å². The number of hydrogen-bond donors (Lipinski definition) is 1. The smallest absolute Gasteiger partial charge is 0.332 e. The third-order valence-electron chi connectivity index (χ3n) is 4.31. The number of benzene rings is 1. The molecular weight excluding hydrogens is 365 g/mol. The van der Waals surface area contributed by atoms with Crippen LogP contribution in [0.5, 0.6) is 5.75 Å². The van der Waals surface area contributed by atoms with Gasteiger partial charge >= 0.3 is 5.69 Å². The van der Waals surface area contributed by atoms with E-state index in [2.05, 4.69) is 0 Å². The Balaban J connectivity index is 2.02. The first-order valence-electron chi connectivity index (χ1n) is 8.04. The van der Waals surface area contributed by atoms with E-state index in [0.29, 0.717) is 5.56 Å². The van der Waals surface area contributed by atoms with Crippen molar-refractivity contribution in [2.75, 3.05) is 6.54 Å². The van der Waals surface area contributed by atoms with Crippen molar-refractivity contribution < 1.29 is 14.3 Å². The van der Waals surface area contributed by atoms with Crippen LogP contribution in [0.1, 0.15) is 35.9 Å². The first-order chi connectivity index (χ1) is 12.2. The summed E-state index contributed by atoms with van der Waals surface area (Å²) in [4.78, 5) is 38.9. The summed E-state index contributed by atoms with van der Waals surface area (Å²) in [5.41, 5.74) is -1.25. The lowest BCUT2D eigenvalue weighted by Gasteiger charge is -2.30. The summed E-state index contributed by atoms with van der Waals surface area (Å²) in [6.07, 6.45) is 0. The van der Waals surface area contributed by atoms with Crippen molar-refractivity contribution in [2.24, 2.45) is 0 Å². The molecule has 0 unspecified atom stereocenters. The van der Waals surface area contributed by atoms with Gasteiger partial charge < -0.3 is 10.0 Å². The predicted octanol–water partition coefficient (Wildman–Crippen LogP) is 1.74. The maximum atomic E-state index is 13.3. The fourth-order valence-corrected chi connectivity index (χ4v) is 3.22. The molecule has 0 bridgehead atoms. The number of rotatable bonds is 3. The second-order valence-electron chi connectivity index (χ2n) is 6.38. The van der Waals surface area contributed by atoms with Crippen molar-refractivity contribution in [3.05, 3.63) is 61.1 Å². The molecule has 26 heavy (non-hydrogen) atoms. The van der Waals surface area contributed by atoms with E-state index in [0.717, 1.165) is 9.13 Å². The van der Waals surface area contributed by atoms with Gasteiger partial charge in [0.05, 0.1) is 5.02 Å². The van der Waals surface area contributed by atoms with Crippen molar-refractivity contribution >= 4 is 17.5 Å². The fourth-order valence-electron chi connectivity index (χ4n) is 3.02. The molecule has 1 aromatic carbocycles. The fraction of sp³-hybridized carbons (Fsp3) is 0.353. The maximum absolute atomic E-state index is 13.3. The summed E-state index contributed by atoms with van der Waals surface area (Å²) >= 11 is 5.75. The van der Waals surface area contributed by atoms with Crippen LogP contribution in [0.25, 0.3) is 0 Å². The first-order valence-corrected chi connectivity index (χ1v) is 8.41. The topological polar surface area (TPSA) is 84.5 Å². The molecule has 0 atom stereocenters. The van der Waals surface area contributed by atoms with E-state index < -0.39 is 34.8 Å². The molecule has 0 aliphatic carbocycles. The van der Waals surface area contributed by atoms with Crippen molar-refractivity contribution in [3.8, 4) is 5.75 Å². The van der Waals surface area contributed by atoms with E-state index in [9.17, 15) is 23.9 Å². The molecule has 2 heterocycles. The molecule has 1 amide bonds.